The molecule has 14 heavy (non-hydrogen) atoms. The van der Waals surface area contributed by atoms with E-state index in [4.69, 9.17) is 23.2 Å². The molecule has 1 aliphatic rings. The maximum Gasteiger partial charge on any atom is 0.0292 e. The first-order valence-corrected chi connectivity index (χ1v) is 6.22. The highest BCUT2D eigenvalue weighted by Crippen LogP contribution is 2.38. The second-order valence-electron chi connectivity index (χ2n) is 4.40. The van der Waals surface area contributed by atoms with Gasteiger partial charge in [0.15, 0.2) is 0 Å². The first-order valence-electron chi connectivity index (χ1n) is 5.25. The fourth-order valence-corrected chi connectivity index (χ4v) is 2.48. The van der Waals surface area contributed by atoms with Gasteiger partial charge in [-0.05, 0) is 30.8 Å². The van der Waals surface area contributed by atoms with Crippen LogP contribution in [0.15, 0.2) is 11.1 Å². The van der Waals surface area contributed by atoms with Gasteiger partial charge >= 0.3 is 0 Å². The second-order valence-corrected chi connectivity index (χ2v) is 4.89. The lowest BCUT2D eigenvalue weighted by molar-refractivity contribution is 0.326. The van der Waals surface area contributed by atoms with E-state index in [9.17, 15) is 0 Å². The van der Waals surface area contributed by atoms with Crippen molar-refractivity contribution in [2.75, 3.05) is 19.0 Å². The third-order valence-electron chi connectivity index (χ3n) is 3.04. The van der Waals surface area contributed by atoms with Crippen molar-refractivity contribution in [2.24, 2.45) is 5.41 Å². The van der Waals surface area contributed by atoms with Crippen LogP contribution in [-0.4, -0.2) is 19.0 Å². The van der Waals surface area contributed by atoms with Gasteiger partial charge in [0.25, 0.3) is 0 Å². The molecule has 0 amide bonds. The van der Waals surface area contributed by atoms with Gasteiger partial charge in [0.05, 0.1) is 0 Å². The lowest BCUT2D eigenvalue weighted by atomic mass is 9.88. The topological polar surface area (TPSA) is 12.0 Å². The standard InChI is InChI=1S/C11H19Cl2N/c1-10(6-12)7-14-9-11(8-13)4-2-3-5-11/h6,14H,2-5,7-9H2,1H3. The average Bonchev–Trinajstić information content (AvgIpc) is 2.67. The second kappa shape index (κ2) is 5.99. The van der Waals surface area contributed by atoms with E-state index >= 15 is 0 Å². The zero-order valence-electron chi connectivity index (χ0n) is 8.78. The summed E-state index contributed by atoms with van der Waals surface area (Å²) < 4.78 is 0. The Hall–Kier alpha value is 0.280. The first kappa shape index (κ1) is 12.4. The molecule has 1 aliphatic carbocycles. The normalized spacial score (nSPS) is 21.5. The maximum absolute atomic E-state index is 6.03. The molecule has 0 aromatic rings. The number of nitrogens with one attached hydrogen (secondary N) is 1. The van der Waals surface area contributed by atoms with Crippen molar-refractivity contribution in [1.29, 1.82) is 0 Å². The fraction of sp³-hybridized carbons (Fsp3) is 0.818. The van der Waals surface area contributed by atoms with Gasteiger partial charge in [-0.3, -0.25) is 0 Å². The molecule has 3 heteroatoms. The number of alkyl halides is 1. The molecule has 1 nitrogen and oxygen atoms in total. The van der Waals surface area contributed by atoms with Crippen molar-refractivity contribution in [1.82, 2.24) is 5.32 Å². The van der Waals surface area contributed by atoms with Crippen LogP contribution in [-0.2, 0) is 0 Å². The summed E-state index contributed by atoms with van der Waals surface area (Å²) >= 11 is 11.6. The quantitative estimate of drug-likeness (QED) is 0.720. The number of hydrogen-bond donors (Lipinski definition) is 1. The van der Waals surface area contributed by atoms with E-state index in [1.807, 2.05) is 6.92 Å². The van der Waals surface area contributed by atoms with Crippen molar-refractivity contribution >= 4 is 23.2 Å². The molecule has 1 N–H and O–H groups in total. The minimum atomic E-state index is 0.355. The van der Waals surface area contributed by atoms with E-state index in [2.05, 4.69) is 5.32 Å². The van der Waals surface area contributed by atoms with Crippen molar-refractivity contribution in [3.8, 4) is 0 Å². The summed E-state index contributed by atoms with van der Waals surface area (Å²) in [4.78, 5) is 0. The van der Waals surface area contributed by atoms with Gasteiger partial charge in [0.1, 0.15) is 0 Å². The lowest BCUT2D eigenvalue weighted by Crippen LogP contribution is -2.34. The molecule has 0 bridgehead atoms. The Labute approximate surface area is 96.8 Å². The summed E-state index contributed by atoms with van der Waals surface area (Å²) in [7, 11) is 0. The van der Waals surface area contributed by atoms with E-state index < -0.39 is 0 Å². The molecule has 0 heterocycles. The van der Waals surface area contributed by atoms with Gasteiger partial charge in [-0.25, -0.2) is 0 Å². The Kier molecular flexibility index (Phi) is 5.29. The highest BCUT2D eigenvalue weighted by atomic mass is 35.5. The molecule has 1 fully saturated rings. The van der Waals surface area contributed by atoms with Crippen LogP contribution in [0.4, 0.5) is 0 Å². The Morgan fingerprint density at radius 3 is 2.57 bits per heavy atom. The summed E-state index contributed by atoms with van der Waals surface area (Å²) in [5, 5.41) is 3.43. The Morgan fingerprint density at radius 2 is 2.07 bits per heavy atom. The van der Waals surface area contributed by atoms with Crippen LogP contribution in [0.2, 0.25) is 0 Å². The molecule has 0 atom stereocenters. The third-order valence-corrected chi connectivity index (χ3v) is 3.98. The van der Waals surface area contributed by atoms with Crippen LogP contribution in [0.25, 0.3) is 0 Å². The number of hydrogen-bond acceptors (Lipinski definition) is 1. The lowest BCUT2D eigenvalue weighted by Gasteiger charge is -2.26. The maximum atomic E-state index is 6.03. The summed E-state index contributed by atoms with van der Waals surface area (Å²) in [6.45, 7) is 3.93. The fourth-order valence-electron chi connectivity index (χ4n) is 2.05. The van der Waals surface area contributed by atoms with Crippen molar-refractivity contribution in [2.45, 2.75) is 32.6 Å². The van der Waals surface area contributed by atoms with Crippen LogP contribution < -0.4 is 5.32 Å². The Morgan fingerprint density at radius 1 is 1.43 bits per heavy atom. The summed E-state index contributed by atoms with van der Waals surface area (Å²) in [6, 6.07) is 0. The van der Waals surface area contributed by atoms with Gasteiger partial charge < -0.3 is 5.32 Å². The van der Waals surface area contributed by atoms with E-state index in [0.717, 1.165) is 19.0 Å². The molecule has 1 rings (SSSR count). The van der Waals surface area contributed by atoms with Crippen LogP contribution in [0.1, 0.15) is 32.6 Å². The average molecular weight is 236 g/mol. The first-order chi connectivity index (χ1) is 6.72. The minimum Gasteiger partial charge on any atom is -0.312 e. The van der Waals surface area contributed by atoms with Gasteiger partial charge in [-0.15, -0.1) is 11.6 Å². The predicted octanol–water partition coefficient (Wildman–Crippen LogP) is 3.52. The minimum absolute atomic E-state index is 0.355. The number of halogens is 2. The van der Waals surface area contributed by atoms with E-state index in [0.29, 0.717) is 5.41 Å². The Bertz CT molecular complexity index is 195. The van der Waals surface area contributed by atoms with E-state index in [1.54, 1.807) is 5.54 Å². The summed E-state index contributed by atoms with van der Waals surface area (Å²) in [5.74, 6) is 0.781. The Balaban J connectivity index is 2.28. The van der Waals surface area contributed by atoms with Gasteiger partial charge in [-0.1, -0.05) is 24.4 Å². The number of rotatable bonds is 5. The molecule has 82 valence electrons. The predicted molar refractivity (Wildman–Crippen MR) is 64.1 cm³/mol. The van der Waals surface area contributed by atoms with Crippen LogP contribution in [0.3, 0.4) is 0 Å². The monoisotopic (exact) mass is 235 g/mol. The molecule has 0 spiro atoms. The molecule has 1 saturated carbocycles. The molecule has 0 radical (unpaired) electrons. The van der Waals surface area contributed by atoms with Crippen molar-refractivity contribution < 1.29 is 0 Å². The highest BCUT2D eigenvalue weighted by molar-refractivity contribution is 6.25. The van der Waals surface area contributed by atoms with Gasteiger partial charge in [0.2, 0.25) is 0 Å². The molecule has 0 unspecified atom stereocenters. The molecule has 0 saturated heterocycles. The molecule has 0 aliphatic heterocycles. The van der Waals surface area contributed by atoms with Crippen LogP contribution in [0, 0.1) is 5.41 Å². The third kappa shape index (κ3) is 3.45. The zero-order valence-corrected chi connectivity index (χ0v) is 10.3. The zero-order chi connectivity index (χ0) is 10.4. The van der Waals surface area contributed by atoms with Gasteiger partial charge in [0, 0.05) is 24.5 Å². The van der Waals surface area contributed by atoms with Crippen LogP contribution in [0.5, 0.6) is 0 Å². The summed E-state index contributed by atoms with van der Waals surface area (Å²) in [5.41, 5.74) is 3.16. The molecular weight excluding hydrogens is 217 g/mol. The van der Waals surface area contributed by atoms with Crippen LogP contribution >= 0.6 is 23.2 Å². The van der Waals surface area contributed by atoms with E-state index in [1.165, 1.54) is 31.3 Å². The van der Waals surface area contributed by atoms with Gasteiger partial charge in [-0.2, -0.15) is 0 Å². The smallest absolute Gasteiger partial charge is 0.0292 e. The molecule has 0 aromatic heterocycles. The molecule has 0 aromatic carbocycles. The van der Waals surface area contributed by atoms with E-state index in [-0.39, 0.29) is 0 Å². The van der Waals surface area contributed by atoms with Crippen molar-refractivity contribution in [3.63, 3.8) is 0 Å². The molecular formula is C11H19Cl2N. The highest BCUT2D eigenvalue weighted by Gasteiger charge is 2.32. The SMILES string of the molecule is CC(=CCl)CNCC1(CCl)CCCC1. The largest absolute Gasteiger partial charge is 0.312 e. The van der Waals surface area contributed by atoms with Crippen molar-refractivity contribution in [3.05, 3.63) is 11.1 Å². The summed E-state index contributed by atoms with van der Waals surface area (Å²) in [6.07, 6.45) is 5.21.